The summed E-state index contributed by atoms with van der Waals surface area (Å²) < 4.78 is 4.32. The largest absolute Gasteiger partial charge is 0.395 e. The maximum atomic E-state index is 14.3. The molecule has 2 aromatic carbocycles. The Hall–Kier alpha value is -3.46. The number of carbonyl (C=O) groups excluding carboxylic acids is 3. The highest BCUT2D eigenvalue weighted by Gasteiger charge is 2.36. The van der Waals surface area contributed by atoms with Crippen molar-refractivity contribution in [2.45, 2.75) is 95.7 Å². The molecule has 1 heterocycles. The predicted octanol–water partition coefficient (Wildman–Crippen LogP) is 5.82. The van der Waals surface area contributed by atoms with Crippen molar-refractivity contribution in [3.05, 3.63) is 53.0 Å². The van der Waals surface area contributed by atoms with Crippen molar-refractivity contribution >= 4 is 51.4 Å². The molecule has 0 bridgehead atoms. The van der Waals surface area contributed by atoms with Crippen LogP contribution in [-0.4, -0.2) is 40.2 Å². The first kappa shape index (κ1) is 28.1. The van der Waals surface area contributed by atoms with E-state index in [9.17, 15) is 14.4 Å². The smallest absolute Gasteiger partial charge is 0.273 e. The molecule has 8 nitrogen and oxygen atoms in total. The third kappa shape index (κ3) is 5.99. The van der Waals surface area contributed by atoms with E-state index in [1.807, 2.05) is 49.4 Å². The maximum absolute atomic E-state index is 14.3. The number of nitrogen functional groups attached to an aromatic ring is 1. The number of nitrogens with two attached hydrogens (primary N) is 1. The van der Waals surface area contributed by atoms with Crippen molar-refractivity contribution in [1.82, 2.24) is 15.0 Å². The molecule has 40 heavy (non-hydrogen) atoms. The van der Waals surface area contributed by atoms with Gasteiger partial charge < -0.3 is 16.4 Å². The van der Waals surface area contributed by atoms with Gasteiger partial charge in [-0.15, -0.1) is 0 Å². The summed E-state index contributed by atoms with van der Waals surface area (Å²) in [6.45, 7) is 1.91. The monoisotopic (exact) mass is 561 g/mol. The lowest BCUT2D eigenvalue weighted by molar-refractivity contribution is -0.123. The molecule has 3 amide bonds. The number of hydrogen-bond donors (Lipinski definition) is 3. The van der Waals surface area contributed by atoms with Crippen LogP contribution in [0.3, 0.4) is 0 Å². The Bertz CT molecular complexity index is 1350. The molecular formula is C31H39N5O3S. The van der Waals surface area contributed by atoms with Gasteiger partial charge >= 0.3 is 0 Å². The van der Waals surface area contributed by atoms with Crippen LogP contribution in [0.2, 0.25) is 0 Å². The van der Waals surface area contributed by atoms with Crippen molar-refractivity contribution in [2.24, 2.45) is 0 Å². The summed E-state index contributed by atoms with van der Waals surface area (Å²) in [6.07, 6.45) is 10.9. The Morgan fingerprint density at radius 1 is 0.925 bits per heavy atom. The number of nitrogens with one attached hydrogen (secondary N) is 2. The van der Waals surface area contributed by atoms with Gasteiger partial charge in [-0.05, 0) is 55.1 Å². The van der Waals surface area contributed by atoms with E-state index < -0.39 is 11.9 Å². The summed E-state index contributed by atoms with van der Waals surface area (Å²) in [6, 6.07) is 13.0. The summed E-state index contributed by atoms with van der Waals surface area (Å²) >= 11 is 0.920. The lowest BCUT2D eigenvalue weighted by Crippen LogP contribution is -2.52. The Morgan fingerprint density at radius 3 is 2.23 bits per heavy atom. The van der Waals surface area contributed by atoms with E-state index in [1.165, 1.54) is 12.8 Å². The molecule has 2 fully saturated rings. The SMILES string of the molecule is CC[C@@H](C(=O)NC1CCCCC1)N(C(=O)c1snc(C(=O)NC2CCCCC2)c1N)c1cccc2ccccc12. The quantitative estimate of drug-likeness (QED) is 0.321. The Kier molecular flexibility index (Phi) is 8.99. The normalized spacial score (nSPS) is 17.3. The molecule has 5 rings (SSSR count). The molecule has 9 heteroatoms. The molecule has 2 aliphatic carbocycles. The van der Waals surface area contributed by atoms with Crippen molar-refractivity contribution in [2.75, 3.05) is 10.6 Å². The zero-order chi connectivity index (χ0) is 28.1. The first-order valence-electron chi connectivity index (χ1n) is 14.7. The third-order valence-corrected chi connectivity index (χ3v) is 9.13. The van der Waals surface area contributed by atoms with Gasteiger partial charge in [-0.3, -0.25) is 19.3 Å². The zero-order valence-electron chi connectivity index (χ0n) is 23.2. The standard InChI is InChI=1S/C31H39N5O3S/c1-2-24(29(37)33-21-14-5-3-6-15-21)36(25-19-11-13-20-12-9-10-18-23(20)25)31(39)28-26(32)27(35-40-28)30(38)34-22-16-7-4-8-17-22/h9-13,18-19,21-22,24H,2-8,14-17,32H2,1H3,(H,33,37)(H,34,38)/t24-/m0/s1. The average molecular weight is 562 g/mol. The molecule has 0 saturated heterocycles. The molecule has 1 atom stereocenters. The molecule has 212 valence electrons. The number of amides is 3. The molecule has 3 aromatic rings. The predicted molar refractivity (Wildman–Crippen MR) is 161 cm³/mol. The van der Waals surface area contributed by atoms with Crippen molar-refractivity contribution in [1.29, 1.82) is 0 Å². The fourth-order valence-electron chi connectivity index (χ4n) is 6.09. The summed E-state index contributed by atoms with van der Waals surface area (Å²) in [5, 5.41) is 8.09. The van der Waals surface area contributed by atoms with Crippen LogP contribution in [0.15, 0.2) is 42.5 Å². The zero-order valence-corrected chi connectivity index (χ0v) is 24.0. The first-order chi connectivity index (χ1) is 19.5. The van der Waals surface area contributed by atoms with Crippen LogP contribution in [0.1, 0.15) is 97.7 Å². The van der Waals surface area contributed by atoms with Crippen LogP contribution in [0.4, 0.5) is 11.4 Å². The van der Waals surface area contributed by atoms with E-state index in [2.05, 4.69) is 15.0 Å². The Balaban J connectivity index is 1.49. The summed E-state index contributed by atoms with van der Waals surface area (Å²) in [7, 11) is 0. The third-order valence-electron chi connectivity index (χ3n) is 8.28. The number of carbonyl (C=O) groups is 3. The molecule has 4 N–H and O–H groups in total. The molecular weight excluding hydrogens is 522 g/mol. The minimum absolute atomic E-state index is 0.0658. The van der Waals surface area contributed by atoms with Gasteiger partial charge in [-0.2, -0.15) is 4.37 Å². The Morgan fingerprint density at radius 2 is 1.55 bits per heavy atom. The Labute approximate surface area is 239 Å². The van der Waals surface area contributed by atoms with Crippen LogP contribution in [-0.2, 0) is 4.79 Å². The minimum Gasteiger partial charge on any atom is -0.395 e. The van der Waals surface area contributed by atoms with Gasteiger partial charge in [0.1, 0.15) is 10.9 Å². The second kappa shape index (κ2) is 12.8. The van der Waals surface area contributed by atoms with Gasteiger partial charge in [0.25, 0.3) is 11.8 Å². The topological polar surface area (TPSA) is 117 Å². The average Bonchev–Trinajstić information content (AvgIpc) is 3.37. The highest BCUT2D eigenvalue weighted by atomic mass is 32.1. The van der Waals surface area contributed by atoms with Crippen LogP contribution in [0.25, 0.3) is 10.8 Å². The fraction of sp³-hybridized carbons (Fsp3) is 0.484. The number of nitrogens with zero attached hydrogens (tertiary/aromatic N) is 2. The van der Waals surface area contributed by atoms with E-state index >= 15 is 0 Å². The number of benzene rings is 2. The van der Waals surface area contributed by atoms with Gasteiger partial charge in [-0.1, -0.05) is 81.8 Å². The number of anilines is 2. The summed E-state index contributed by atoms with van der Waals surface area (Å²) in [4.78, 5) is 42.9. The van der Waals surface area contributed by atoms with Crippen LogP contribution < -0.4 is 21.3 Å². The number of aromatic nitrogens is 1. The van der Waals surface area contributed by atoms with Crippen LogP contribution >= 0.6 is 11.5 Å². The maximum Gasteiger partial charge on any atom is 0.273 e. The molecule has 2 saturated carbocycles. The van der Waals surface area contributed by atoms with E-state index in [4.69, 9.17) is 5.73 Å². The van der Waals surface area contributed by atoms with E-state index in [0.29, 0.717) is 12.1 Å². The fourth-order valence-corrected chi connectivity index (χ4v) is 6.83. The van der Waals surface area contributed by atoms with E-state index in [0.717, 1.165) is 73.7 Å². The molecule has 1 aromatic heterocycles. The van der Waals surface area contributed by atoms with E-state index in [1.54, 1.807) is 4.90 Å². The summed E-state index contributed by atoms with van der Waals surface area (Å²) in [5.74, 6) is -0.943. The molecule has 2 aliphatic rings. The van der Waals surface area contributed by atoms with Crippen LogP contribution in [0.5, 0.6) is 0 Å². The second-order valence-electron chi connectivity index (χ2n) is 11.0. The van der Waals surface area contributed by atoms with Gasteiger partial charge in [-0.25, -0.2) is 0 Å². The first-order valence-corrected chi connectivity index (χ1v) is 15.4. The molecule has 0 unspecified atom stereocenters. The summed E-state index contributed by atoms with van der Waals surface area (Å²) in [5.41, 5.74) is 7.22. The molecule has 0 radical (unpaired) electrons. The minimum atomic E-state index is -0.749. The lowest BCUT2D eigenvalue weighted by atomic mass is 9.95. The number of rotatable bonds is 8. The lowest BCUT2D eigenvalue weighted by Gasteiger charge is -2.33. The second-order valence-corrected chi connectivity index (χ2v) is 11.8. The van der Waals surface area contributed by atoms with Gasteiger partial charge in [0.15, 0.2) is 5.69 Å². The van der Waals surface area contributed by atoms with Gasteiger partial charge in [0.05, 0.1) is 11.4 Å². The van der Waals surface area contributed by atoms with Gasteiger partial charge in [0.2, 0.25) is 5.91 Å². The highest BCUT2D eigenvalue weighted by molar-refractivity contribution is 7.09. The number of fused-ring (bicyclic) bond motifs is 1. The van der Waals surface area contributed by atoms with Crippen molar-refractivity contribution in [3.63, 3.8) is 0 Å². The van der Waals surface area contributed by atoms with Crippen molar-refractivity contribution in [3.8, 4) is 0 Å². The van der Waals surface area contributed by atoms with Gasteiger partial charge in [0, 0.05) is 17.5 Å². The number of hydrogen-bond acceptors (Lipinski definition) is 6. The van der Waals surface area contributed by atoms with Crippen molar-refractivity contribution < 1.29 is 14.4 Å². The van der Waals surface area contributed by atoms with E-state index in [-0.39, 0.29) is 40.2 Å². The van der Waals surface area contributed by atoms with Crippen LogP contribution in [0, 0.1) is 0 Å². The molecule has 0 spiro atoms. The molecule has 0 aliphatic heterocycles. The highest BCUT2D eigenvalue weighted by Crippen LogP contribution is 2.33.